The van der Waals surface area contributed by atoms with Crippen molar-refractivity contribution in [2.45, 2.75) is 6.42 Å². The Morgan fingerprint density at radius 3 is 2.87 bits per heavy atom. The molecule has 1 aromatic heterocycles. The Morgan fingerprint density at radius 1 is 1.53 bits per heavy atom. The van der Waals surface area contributed by atoms with Crippen molar-refractivity contribution in [1.29, 1.82) is 0 Å². The lowest BCUT2D eigenvalue weighted by atomic mass is 10.2. The second-order valence-electron chi connectivity index (χ2n) is 2.65. The van der Waals surface area contributed by atoms with Crippen LogP contribution in [-0.4, -0.2) is 22.0 Å². The Kier molecular flexibility index (Phi) is 3.41. The number of aromatic nitrogens is 1. The minimum absolute atomic E-state index is 0.103. The van der Waals surface area contributed by atoms with Crippen LogP contribution in [0.4, 0.5) is 0 Å². The first-order valence-electron chi connectivity index (χ1n) is 4.06. The van der Waals surface area contributed by atoms with Gasteiger partial charge in [0.2, 0.25) is 5.91 Å². The van der Waals surface area contributed by atoms with Crippen LogP contribution >= 0.6 is 0 Å². The van der Waals surface area contributed by atoms with Crippen molar-refractivity contribution in [3.8, 4) is 11.8 Å². The summed E-state index contributed by atoms with van der Waals surface area (Å²) < 4.78 is 0. The van der Waals surface area contributed by atoms with Crippen LogP contribution in [0, 0.1) is 11.8 Å². The van der Waals surface area contributed by atoms with E-state index >= 15 is 0 Å². The first kappa shape index (κ1) is 10.7. The van der Waals surface area contributed by atoms with E-state index < -0.39 is 11.9 Å². The summed E-state index contributed by atoms with van der Waals surface area (Å²) in [5.74, 6) is 3.29. The largest absolute Gasteiger partial charge is 0.476 e. The van der Waals surface area contributed by atoms with Crippen LogP contribution in [0.15, 0.2) is 18.3 Å². The van der Waals surface area contributed by atoms with Gasteiger partial charge in [-0.25, -0.2) is 9.78 Å². The number of carbonyl (C=O) groups is 2. The zero-order valence-corrected chi connectivity index (χ0v) is 7.73. The molecule has 0 aliphatic rings. The Morgan fingerprint density at radius 2 is 2.27 bits per heavy atom. The Balaban J connectivity index is 2.97. The molecular formula is C10H8N2O3. The monoisotopic (exact) mass is 204 g/mol. The Bertz CT molecular complexity index is 457. The highest BCUT2D eigenvalue weighted by molar-refractivity contribution is 5.88. The number of aromatic carboxylic acids is 1. The maximum absolute atomic E-state index is 10.7. The third kappa shape index (κ3) is 3.12. The zero-order valence-electron chi connectivity index (χ0n) is 7.73. The normalized spacial score (nSPS) is 8.80. The second-order valence-corrected chi connectivity index (χ2v) is 2.65. The van der Waals surface area contributed by atoms with Gasteiger partial charge in [-0.3, -0.25) is 4.79 Å². The maximum Gasteiger partial charge on any atom is 0.355 e. The molecule has 5 heteroatoms. The van der Waals surface area contributed by atoms with Gasteiger partial charge in [-0.15, -0.1) is 0 Å². The van der Waals surface area contributed by atoms with E-state index in [1.54, 1.807) is 6.07 Å². The fourth-order valence-corrected chi connectivity index (χ4v) is 0.903. The molecule has 5 nitrogen and oxygen atoms in total. The van der Waals surface area contributed by atoms with Gasteiger partial charge in [-0.2, -0.15) is 0 Å². The summed E-state index contributed by atoms with van der Waals surface area (Å²) in [5, 5.41) is 8.75. The predicted molar refractivity (Wildman–Crippen MR) is 51.9 cm³/mol. The van der Waals surface area contributed by atoms with Gasteiger partial charge < -0.3 is 10.8 Å². The Hall–Kier alpha value is -2.35. The molecule has 0 atom stereocenters. The van der Waals surface area contributed by atoms with Crippen LogP contribution in [0.3, 0.4) is 0 Å². The molecule has 0 aliphatic carbocycles. The number of amides is 1. The van der Waals surface area contributed by atoms with Crippen molar-refractivity contribution >= 4 is 11.9 Å². The van der Waals surface area contributed by atoms with Gasteiger partial charge in [0.25, 0.3) is 0 Å². The van der Waals surface area contributed by atoms with Crippen LogP contribution in [0.25, 0.3) is 0 Å². The molecule has 0 bridgehead atoms. The van der Waals surface area contributed by atoms with Gasteiger partial charge in [0.15, 0.2) is 5.69 Å². The molecule has 1 aromatic rings. The first-order valence-corrected chi connectivity index (χ1v) is 4.06. The molecule has 76 valence electrons. The van der Waals surface area contributed by atoms with Gasteiger partial charge in [0.1, 0.15) is 0 Å². The van der Waals surface area contributed by atoms with E-state index in [0.717, 1.165) is 0 Å². The average Bonchev–Trinajstić information content (AvgIpc) is 2.17. The van der Waals surface area contributed by atoms with Crippen LogP contribution < -0.4 is 5.73 Å². The third-order valence-corrected chi connectivity index (χ3v) is 1.50. The van der Waals surface area contributed by atoms with E-state index in [0.29, 0.717) is 0 Å². The van der Waals surface area contributed by atoms with E-state index in [1.165, 1.54) is 12.3 Å². The fraction of sp³-hybridized carbons (Fsp3) is 0.100. The van der Waals surface area contributed by atoms with E-state index in [4.69, 9.17) is 10.8 Å². The predicted octanol–water partition coefficient (Wildman–Crippen LogP) is 0.00670. The van der Waals surface area contributed by atoms with Crippen LogP contribution in [0.1, 0.15) is 22.5 Å². The minimum atomic E-state index is -1.15. The molecule has 15 heavy (non-hydrogen) atoms. The maximum atomic E-state index is 10.7. The number of rotatable bonds is 2. The van der Waals surface area contributed by atoms with Crippen molar-refractivity contribution in [2.75, 3.05) is 0 Å². The summed E-state index contributed by atoms with van der Waals surface area (Å²) in [6.45, 7) is 0. The summed E-state index contributed by atoms with van der Waals surface area (Å²) in [7, 11) is 0. The number of carboxylic acids is 1. The summed E-state index contributed by atoms with van der Waals surface area (Å²) in [6, 6.07) is 3.09. The van der Waals surface area contributed by atoms with Crippen LogP contribution in [-0.2, 0) is 4.79 Å². The molecule has 3 N–H and O–H groups in total. The number of nitrogens with two attached hydrogens (primary N) is 1. The lowest BCUT2D eigenvalue weighted by molar-refractivity contribution is -0.117. The number of carbonyl (C=O) groups excluding carboxylic acids is 1. The summed E-state index contributed by atoms with van der Waals surface area (Å²) >= 11 is 0. The van der Waals surface area contributed by atoms with E-state index in [2.05, 4.69) is 16.8 Å². The average molecular weight is 204 g/mol. The van der Waals surface area contributed by atoms with Crippen molar-refractivity contribution in [3.63, 3.8) is 0 Å². The number of primary amides is 1. The molecular weight excluding hydrogens is 196 g/mol. The van der Waals surface area contributed by atoms with Crippen molar-refractivity contribution in [1.82, 2.24) is 4.98 Å². The van der Waals surface area contributed by atoms with Crippen molar-refractivity contribution in [3.05, 3.63) is 29.6 Å². The van der Waals surface area contributed by atoms with Gasteiger partial charge in [-0.1, -0.05) is 11.8 Å². The van der Waals surface area contributed by atoms with Gasteiger partial charge in [0, 0.05) is 6.20 Å². The van der Waals surface area contributed by atoms with Gasteiger partial charge in [0.05, 0.1) is 12.0 Å². The highest BCUT2D eigenvalue weighted by Crippen LogP contribution is 2.02. The topological polar surface area (TPSA) is 93.3 Å². The number of carboxylic acid groups (broad SMARTS) is 1. The molecule has 1 rings (SSSR count). The second kappa shape index (κ2) is 4.77. The minimum Gasteiger partial charge on any atom is -0.476 e. The third-order valence-electron chi connectivity index (χ3n) is 1.50. The highest BCUT2D eigenvalue weighted by atomic mass is 16.4. The van der Waals surface area contributed by atoms with Gasteiger partial charge in [-0.05, 0) is 12.1 Å². The molecule has 0 saturated carbocycles. The fourth-order valence-electron chi connectivity index (χ4n) is 0.903. The number of pyridine rings is 1. The molecule has 0 spiro atoms. The molecule has 0 aromatic carbocycles. The van der Waals surface area contributed by atoms with Crippen molar-refractivity contribution in [2.24, 2.45) is 5.73 Å². The van der Waals surface area contributed by atoms with Crippen molar-refractivity contribution < 1.29 is 14.7 Å². The SMILES string of the molecule is NC(=O)CC#Cc1cccnc1C(=O)O. The molecule has 0 unspecified atom stereocenters. The molecule has 0 saturated heterocycles. The van der Waals surface area contributed by atoms with E-state index in [9.17, 15) is 9.59 Å². The molecule has 0 aliphatic heterocycles. The lowest BCUT2D eigenvalue weighted by Crippen LogP contribution is -2.08. The zero-order chi connectivity index (χ0) is 11.3. The quantitative estimate of drug-likeness (QED) is 0.663. The van der Waals surface area contributed by atoms with E-state index in [-0.39, 0.29) is 17.7 Å². The highest BCUT2D eigenvalue weighted by Gasteiger charge is 2.08. The number of nitrogens with zero attached hydrogens (tertiary/aromatic N) is 1. The van der Waals surface area contributed by atoms with Crippen LogP contribution in [0.5, 0.6) is 0 Å². The lowest BCUT2D eigenvalue weighted by Gasteiger charge is -1.95. The van der Waals surface area contributed by atoms with E-state index in [1.807, 2.05) is 0 Å². The molecule has 1 heterocycles. The summed E-state index contributed by atoms with van der Waals surface area (Å²) in [5.41, 5.74) is 5.02. The van der Waals surface area contributed by atoms with Crippen LogP contribution in [0.2, 0.25) is 0 Å². The molecule has 0 fully saturated rings. The van der Waals surface area contributed by atoms with Gasteiger partial charge >= 0.3 is 5.97 Å². The molecule has 1 amide bonds. The number of hydrogen-bond acceptors (Lipinski definition) is 3. The summed E-state index contributed by atoms with van der Waals surface area (Å²) in [4.78, 5) is 24.8. The Labute approximate surface area is 85.9 Å². The molecule has 0 radical (unpaired) electrons. The standard InChI is InChI=1S/C10H8N2O3/c11-8(13)5-1-3-7-4-2-6-12-9(7)10(14)15/h2,4,6H,5H2,(H2,11,13)(H,14,15). The number of hydrogen-bond donors (Lipinski definition) is 2. The first-order chi connectivity index (χ1) is 7.11. The smallest absolute Gasteiger partial charge is 0.355 e. The summed E-state index contributed by atoms with van der Waals surface area (Å²) in [6.07, 6.45) is 1.26.